The molecule has 4 aromatic rings. The van der Waals surface area contributed by atoms with Crippen molar-refractivity contribution in [3.63, 3.8) is 0 Å². The number of H-pyrrole nitrogens is 1. The van der Waals surface area contributed by atoms with Crippen LogP contribution in [-0.4, -0.2) is 59.8 Å². The van der Waals surface area contributed by atoms with Crippen LogP contribution in [0, 0.1) is 5.82 Å². The van der Waals surface area contributed by atoms with Gasteiger partial charge in [0.15, 0.2) is 0 Å². The summed E-state index contributed by atoms with van der Waals surface area (Å²) in [4.78, 5) is 32.5. The molecule has 3 aromatic carbocycles. The summed E-state index contributed by atoms with van der Waals surface area (Å²) in [6.45, 7) is 1.41. The van der Waals surface area contributed by atoms with E-state index in [1.54, 1.807) is 42.5 Å². The van der Waals surface area contributed by atoms with Crippen molar-refractivity contribution < 1.29 is 14.0 Å². The number of likely N-dealkylation sites (N-methyl/N-ethyl adjacent to an activating group) is 1. The van der Waals surface area contributed by atoms with E-state index in [1.165, 1.54) is 6.07 Å². The minimum atomic E-state index is -0.574. The van der Waals surface area contributed by atoms with Gasteiger partial charge in [0.25, 0.3) is 11.8 Å². The Bertz CT molecular complexity index is 1410. The summed E-state index contributed by atoms with van der Waals surface area (Å²) in [7, 11) is 4.05. The second kappa shape index (κ2) is 8.01. The smallest absolute Gasteiger partial charge is 0.253 e. The summed E-state index contributed by atoms with van der Waals surface area (Å²) in [6.07, 6.45) is 0.946. The van der Waals surface area contributed by atoms with E-state index in [9.17, 15) is 14.0 Å². The Morgan fingerprint density at radius 1 is 1.09 bits per heavy atom. The van der Waals surface area contributed by atoms with Crippen LogP contribution in [0.2, 0.25) is 0 Å². The topological polar surface area (TPSA) is 82.4 Å². The second-order valence-electron chi connectivity index (χ2n) is 8.80. The van der Waals surface area contributed by atoms with Crippen molar-refractivity contribution in [2.24, 2.45) is 5.73 Å². The van der Waals surface area contributed by atoms with Gasteiger partial charge in [-0.1, -0.05) is 30.3 Å². The van der Waals surface area contributed by atoms with Crippen LogP contribution in [0.5, 0.6) is 0 Å². The van der Waals surface area contributed by atoms with Crippen LogP contribution in [0.4, 0.5) is 4.39 Å². The van der Waals surface area contributed by atoms with Crippen LogP contribution in [-0.2, 0) is 0 Å². The molecule has 0 radical (unpaired) electrons. The number of nitrogens with one attached hydrogen (secondary N) is 1. The molecule has 3 N–H and O–H groups in total. The number of primary amides is 1. The predicted molar refractivity (Wildman–Crippen MR) is 128 cm³/mol. The number of nitrogens with zero attached hydrogens (tertiary/aromatic N) is 2. The predicted octanol–water partition coefficient (Wildman–Crippen LogP) is 4.00. The molecule has 2 amide bonds. The molecule has 168 valence electrons. The van der Waals surface area contributed by atoms with E-state index in [0.717, 1.165) is 18.4 Å². The number of aromatic nitrogens is 1. The average molecular weight is 445 g/mol. The van der Waals surface area contributed by atoms with Gasteiger partial charge >= 0.3 is 0 Å². The van der Waals surface area contributed by atoms with Crippen molar-refractivity contribution >= 4 is 33.6 Å². The summed E-state index contributed by atoms with van der Waals surface area (Å²) in [5.74, 6) is -0.949. The zero-order valence-corrected chi connectivity index (χ0v) is 18.6. The SMILES string of the molecule is CN(C)[C@H]1CCN(C(=O)c2ccc3c(c2)[nH]c2c(C(N)=O)ccc(-c4ccccc4F)c23)C1. The zero-order valence-electron chi connectivity index (χ0n) is 18.6. The van der Waals surface area contributed by atoms with E-state index >= 15 is 0 Å². The summed E-state index contributed by atoms with van der Waals surface area (Å²) in [5, 5.41) is 1.51. The van der Waals surface area contributed by atoms with E-state index in [-0.39, 0.29) is 11.7 Å². The number of benzene rings is 3. The van der Waals surface area contributed by atoms with Gasteiger partial charge < -0.3 is 20.5 Å². The highest BCUT2D eigenvalue weighted by molar-refractivity contribution is 6.20. The van der Waals surface area contributed by atoms with Crippen molar-refractivity contribution in [2.45, 2.75) is 12.5 Å². The molecular formula is C26H25FN4O2. The number of amides is 2. The molecule has 33 heavy (non-hydrogen) atoms. The molecule has 1 atom stereocenters. The average Bonchev–Trinajstić information content (AvgIpc) is 3.43. The van der Waals surface area contributed by atoms with Gasteiger partial charge in [0, 0.05) is 46.5 Å². The first-order valence-electron chi connectivity index (χ1n) is 10.9. The Balaban J connectivity index is 1.65. The number of halogens is 1. The molecule has 0 spiro atoms. The largest absolute Gasteiger partial charge is 0.366 e. The third-order valence-electron chi connectivity index (χ3n) is 6.61. The molecule has 2 heterocycles. The molecule has 1 aromatic heterocycles. The standard InChI is InChI=1S/C26H25FN4O2/c1-30(2)16-11-12-31(14-16)26(33)15-7-8-19-22(13-15)29-24-20(25(28)32)10-9-18(23(19)24)17-5-3-4-6-21(17)27/h3-10,13,16,29H,11-12,14H2,1-2H3,(H2,28,32)/t16-/m0/s1. The maximum absolute atomic E-state index is 14.6. The number of carbonyl (C=O) groups excluding carboxylic acids is 2. The van der Waals surface area contributed by atoms with Crippen molar-refractivity contribution in [2.75, 3.05) is 27.2 Å². The van der Waals surface area contributed by atoms with Gasteiger partial charge in [-0.15, -0.1) is 0 Å². The summed E-state index contributed by atoms with van der Waals surface area (Å²) in [5.41, 5.74) is 8.85. The molecule has 0 saturated carbocycles. The molecule has 5 rings (SSSR count). The molecule has 0 bridgehead atoms. The van der Waals surface area contributed by atoms with Crippen molar-refractivity contribution in [3.8, 4) is 11.1 Å². The lowest BCUT2D eigenvalue weighted by Crippen LogP contribution is -2.34. The molecular weight excluding hydrogens is 419 g/mol. The number of carbonyl (C=O) groups is 2. The molecule has 1 fully saturated rings. The minimum absolute atomic E-state index is 0.0237. The number of likely N-dealkylation sites (tertiary alicyclic amines) is 1. The van der Waals surface area contributed by atoms with Crippen LogP contribution in [0.1, 0.15) is 27.1 Å². The van der Waals surface area contributed by atoms with E-state index in [0.29, 0.717) is 51.3 Å². The lowest BCUT2D eigenvalue weighted by molar-refractivity contribution is 0.0783. The summed E-state index contributed by atoms with van der Waals surface area (Å²) >= 11 is 0. The monoisotopic (exact) mass is 444 g/mol. The minimum Gasteiger partial charge on any atom is -0.366 e. The lowest BCUT2D eigenvalue weighted by atomic mass is 9.96. The second-order valence-corrected chi connectivity index (χ2v) is 8.80. The van der Waals surface area contributed by atoms with Crippen LogP contribution in [0.15, 0.2) is 54.6 Å². The fourth-order valence-electron chi connectivity index (χ4n) is 4.79. The van der Waals surface area contributed by atoms with Crippen molar-refractivity contribution in [1.82, 2.24) is 14.8 Å². The molecule has 1 aliphatic heterocycles. The number of fused-ring (bicyclic) bond motifs is 3. The summed E-state index contributed by atoms with van der Waals surface area (Å²) in [6, 6.07) is 15.7. The number of nitrogens with two attached hydrogens (primary N) is 1. The maximum Gasteiger partial charge on any atom is 0.253 e. The normalized spacial score (nSPS) is 16.2. The van der Waals surface area contributed by atoms with Gasteiger partial charge in [0.05, 0.1) is 11.1 Å². The third kappa shape index (κ3) is 3.54. The molecule has 0 aliphatic carbocycles. The quantitative estimate of drug-likeness (QED) is 0.499. The van der Waals surface area contributed by atoms with Crippen LogP contribution in [0.25, 0.3) is 32.9 Å². The molecule has 7 heteroatoms. The fourth-order valence-corrected chi connectivity index (χ4v) is 4.79. The van der Waals surface area contributed by atoms with Gasteiger partial charge in [-0.3, -0.25) is 9.59 Å². The Morgan fingerprint density at radius 3 is 2.58 bits per heavy atom. The number of hydrogen-bond donors (Lipinski definition) is 2. The van der Waals surface area contributed by atoms with Crippen LogP contribution in [0.3, 0.4) is 0 Å². The van der Waals surface area contributed by atoms with Gasteiger partial charge in [-0.05, 0) is 50.3 Å². The van der Waals surface area contributed by atoms with Gasteiger partial charge in [-0.25, -0.2) is 4.39 Å². The zero-order chi connectivity index (χ0) is 23.3. The molecule has 6 nitrogen and oxygen atoms in total. The van der Waals surface area contributed by atoms with Crippen molar-refractivity contribution in [3.05, 3.63) is 71.5 Å². The molecule has 1 saturated heterocycles. The van der Waals surface area contributed by atoms with E-state index in [4.69, 9.17) is 5.73 Å². The first kappa shape index (κ1) is 21.2. The van der Waals surface area contributed by atoms with Gasteiger partial charge in [0.2, 0.25) is 0 Å². The van der Waals surface area contributed by atoms with Gasteiger partial charge in [0.1, 0.15) is 5.82 Å². The number of hydrogen-bond acceptors (Lipinski definition) is 3. The van der Waals surface area contributed by atoms with E-state index in [2.05, 4.69) is 9.88 Å². The van der Waals surface area contributed by atoms with Gasteiger partial charge in [-0.2, -0.15) is 0 Å². The molecule has 1 aliphatic rings. The Morgan fingerprint density at radius 2 is 1.88 bits per heavy atom. The number of rotatable bonds is 4. The van der Waals surface area contributed by atoms with E-state index in [1.807, 2.05) is 25.1 Å². The van der Waals surface area contributed by atoms with Crippen LogP contribution < -0.4 is 5.73 Å². The van der Waals surface area contributed by atoms with Crippen LogP contribution >= 0.6 is 0 Å². The lowest BCUT2D eigenvalue weighted by Gasteiger charge is -2.20. The highest BCUT2D eigenvalue weighted by Crippen LogP contribution is 2.37. The summed E-state index contributed by atoms with van der Waals surface area (Å²) < 4.78 is 14.6. The first-order chi connectivity index (χ1) is 15.8. The highest BCUT2D eigenvalue weighted by atomic mass is 19.1. The molecule has 0 unspecified atom stereocenters. The highest BCUT2D eigenvalue weighted by Gasteiger charge is 2.28. The fraction of sp³-hybridized carbons (Fsp3) is 0.231. The van der Waals surface area contributed by atoms with E-state index < -0.39 is 5.91 Å². The first-order valence-corrected chi connectivity index (χ1v) is 10.9. The Hall–Kier alpha value is -3.71. The third-order valence-corrected chi connectivity index (χ3v) is 6.61. The number of aromatic amines is 1. The maximum atomic E-state index is 14.6. The van der Waals surface area contributed by atoms with Crippen molar-refractivity contribution in [1.29, 1.82) is 0 Å². The Labute approximate surface area is 190 Å². The Kier molecular flexibility index (Phi) is 5.13.